The summed E-state index contributed by atoms with van der Waals surface area (Å²) in [6.45, 7) is 3.51. The van der Waals surface area contributed by atoms with Crippen molar-refractivity contribution in [1.29, 1.82) is 0 Å². The van der Waals surface area contributed by atoms with Gasteiger partial charge in [0.1, 0.15) is 17.6 Å². The number of anilines is 1. The van der Waals surface area contributed by atoms with E-state index in [0.717, 1.165) is 0 Å². The highest BCUT2D eigenvalue weighted by molar-refractivity contribution is 5.85. The number of fused-ring (bicyclic) bond motifs is 1. The summed E-state index contributed by atoms with van der Waals surface area (Å²) in [6.07, 6.45) is 0.389. The highest BCUT2D eigenvalue weighted by atomic mass is 35.5. The molecule has 0 saturated carbocycles. The average molecular weight is 260 g/mol. The van der Waals surface area contributed by atoms with Crippen LogP contribution in [-0.2, 0) is 4.79 Å². The Labute approximate surface area is 104 Å². The highest BCUT2D eigenvalue weighted by Gasteiger charge is 2.35. The molecule has 0 aromatic carbocycles. The molecule has 0 fully saturated rings. The van der Waals surface area contributed by atoms with E-state index in [1.807, 2.05) is 6.92 Å². The van der Waals surface area contributed by atoms with Crippen molar-refractivity contribution in [2.75, 3.05) is 5.73 Å². The van der Waals surface area contributed by atoms with Crippen LogP contribution in [0.3, 0.4) is 0 Å². The smallest absolute Gasteiger partial charge is 0.326 e. The summed E-state index contributed by atoms with van der Waals surface area (Å²) in [4.78, 5) is 27.1. The number of halogens is 1. The summed E-state index contributed by atoms with van der Waals surface area (Å²) in [5.41, 5.74) is 5.63. The van der Waals surface area contributed by atoms with E-state index < -0.39 is 17.6 Å². The van der Waals surface area contributed by atoms with Crippen LogP contribution in [0.5, 0.6) is 0 Å². The Balaban J connectivity index is 0.00000144. The Hall–Kier alpha value is -1.56. The minimum absolute atomic E-state index is 0. The number of rotatable bonds is 1. The fourth-order valence-electron chi connectivity index (χ4n) is 2.08. The Kier molecular flexibility index (Phi) is 3.47. The molecule has 1 aliphatic heterocycles. The Morgan fingerprint density at radius 2 is 2.18 bits per heavy atom. The molecule has 0 radical (unpaired) electrons. The first kappa shape index (κ1) is 13.5. The number of nitrogen functional groups attached to an aromatic ring is 1. The Bertz CT molecular complexity index is 526. The number of hydrogen-bond donors (Lipinski definition) is 2. The largest absolute Gasteiger partial charge is 0.480 e. The molecule has 0 unspecified atom stereocenters. The van der Waals surface area contributed by atoms with Crippen molar-refractivity contribution >= 4 is 24.1 Å². The number of aliphatic carboxylic acids is 1. The van der Waals surface area contributed by atoms with E-state index in [1.165, 1.54) is 4.57 Å². The number of carbonyl (C=O) groups is 1. The minimum atomic E-state index is -1.02. The normalized spacial score (nSPS) is 21.8. The summed E-state index contributed by atoms with van der Waals surface area (Å²) in [5, 5.41) is 9.03. The second kappa shape index (κ2) is 4.37. The molecule has 3 N–H and O–H groups in total. The highest BCUT2D eigenvalue weighted by Crippen LogP contribution is 2.33. The van der Waals surface area contributed by atoms with Gasteiger partial charge in [-0.3, -0.25) is 9.36 Å². The Morgan fingerprint density at radius 3 is 2.71 bits per heavy atom. The van der Waals surface area contributed by atoms with Gasteiger partial charge in [0, 0.05) is 5.92 Å². The average Bonchev–Trinajstić information content (AvgIpc) is 2.53. The second-order valence-electron chi connectivity index (χ2n) is 4.14. The first-order valence-corrected chi connectivity index (χ1v) is 5.04. The monoisotopic (exact) mass is 259 g/mol. The van der Waals surface area contributed by atoms with E-state index in [4.69, 9.17) is 10.8 Å². The van der Waals surface area contributed by atoms with Crippen LogP contribution in [-0.4, -0.2) is 20.6 Å². The van der Waals surface area contributed by atoms with Crippen molar-refractivity contribution in [3.05, 3.63) is 21.9 Å². The van der Waals surface area contributed by atoms with Crippen LogP contribution in [0, 0.1) is 6.92 Å². The zero-order valence-corrected chi connectivity index (χ0v) is 10.3. The first-order valence-electron chi connectivity index (χ1n) is 5.04. The van der Waals surface area contributed by atoms with Gasteiger partial charge in [0.15, 0.2) is 0 Å². The summed E-state index contributed by atoms with van der Waals surface area (Å²) < 4.78 is 1.20. The molecule has 6 nitrogen and oxygen atoms in total. The predicted molar refractivity (Wildman–Crippen MR) is 64.6 cm³/mol. The lowest BCUT2D eigenvalue weighted by Gasteiger charge is -2.11. The number of aromatic nitrogens is 2. The lowest BCUT2D eigenvalue weighted by Crippen LogP contribution is -2.30. The molecule has 2 heterocycles. The number of aryl methyl sites for hydroxylation is 1. The third-order valence-electron chi connectivity index (χ3n) is 2.98. The molecule has 2 atom stereocenters. The van der Waals surface area contributed by atoms with E-state index in [2.05, 4.69) is 4.98 Å². The van der Waals surface area contributed by atoms with Crippen LogP contribution in [0.1, 0.15) is 36.8 Å². The molecule has 0 spiro atoms. The zero-order valence-electron chi connectivity index (χ0n) is 9.51. The molecule has 1 aliphatic rings. The molecule has 0 saturated heterocycles. The quantitative estimate of drug-likeness (QED) is 0.773. The van der Waals surface area contributed by atoms with Gasteiger partial charge in [-0.15, -0.1) is 12.4 Å². The topological polar surface area (TPSA) is 98.2 Å². The van der Waals surface area contributed by atoms with E-state index >= 15 is 0 Å². The molecule has 17 heavy (non-hydrogen) atoms. The van der Waals surface area contributed by atoms with Gasteiger partial charge < -0.3 is 10.8 Å². The van der Waals surface area contributed by atoms with Gasteiger partial charge in [-0.05, 0) is 13.3 Å². The van der Waals surface area contributed by atoms with Crippen LogP contribution in [0.2, 0.25) is 0 Å². The lowest BCUT2D eigenvalue weighted by molar-refractivity contribution is -0.140. The van der Waals surface area contributed by atoms with Crippen molar-refractivity contribution in [2.45, 2.75) is 32.2 Å². The molecule has 1 aromatic heterocycles. The van der Waals surface area contributed by atoms with Crippen LogP contribution in [0.25, 0.3) is 0 Å². The van der Waals surface area contributed by atoms with Crippen molar-refractivity contribution in [3.8, 4) is 0 Å². The van der Waals surface area contributed by atoms with Crippen LogP contribution < -0.4 is 11.3 Å². The maximum absolute atomic E-state index is 11.9. The number of nitrogens with two attached hydrogens (primary N) is 1. The summed E-state index contributed by atoms with van der Waals surface area (Å²) in [6, 6.07) is -0.840. The molecule has 1 aromatic rings. The van der Waals surface area contributed by atoms with E-state index in [-0.39, 0.29) is 24.0 Å². The van der Waals surface area contributed by atoms with Crippen molar-refractivity contribution < 1.29 is 9.90 Å². The standard InChI is InChI=1S/C10H13N3O3.ClH/c1-4-3-6(10(15)16)13-8(4)12-5(2)7(11)9(13)14;/h4,6H,3,11H2,1-2H3,(H,15,16);1H/t4-,6+;/m1./s1. The molecule has 0 bridgehead atoms. The van der Waals surface area contributed by atoms with E-state index in [1.54, 1.807) is 6.92 Å². The lowest BCUT2D eigenvalue weighted by atomic mass is 10.1. The molecule has 2 rings (SSSR count). The third kappa shape index (κ3) is 1.88. The van der Waals surface area contributed by atoms with E-state index in [0.29, 0.717) is 17.9 Å². The number of hydrogen-bond acceptors (Lipinski definition) is 4. The summed E-state index contributed by atoms with van der Waals surface area (Å²) in [5.74, 6) is -0.532. The SMILES string of the molecule is Cc1nc2n(c(=O)c1N)[C@H](C(=O)O)C[C@H]2C.Cl. The number of carboxylic acid groups (broad SMARTS) is 1. The van der Waals surface area contributed by atoms with Crippen molar-refractivity contribution in [2.24, 2.45) is 0 Å². The van der Waals surface area contributed by atoms with Crippen molar-refractivity contribution in [1.82, 2.24) is 9.55 Å². The van der Waals surface area contributed by atoms with Gasteiger partial charge in [-0.2, -0.15) is 0 Å². The van der Waals surface area contributed by atoms with Gasteiger partial charge in [0.25, 0.3) is 5.56 Å². The third-order valence-corrected chi connectivity index (χ3v) is 2.98. The minimum Gasteiger partial charge on any atom is -0.480 e. The van der Waals surface area contributed by atoms with Gasteiger partial charge in [0.2, 0.25) is 0 Å². The summed E-state index contributed by atoms with van der Waals surface area (Å²) in [7, 11) is 0. The fraction of sp³-hybridized carbons (Fsp3) is 0.500. The van der Waals surface area contributed by atoms with Gasteiger partial charge >= 0.3 is 5.97 Å². The Morgan fingerprint density at radius 1 is 1.59 bits per heavy atom. The van der Waals surface area contributed by atoms with Crippen LogP contribution >= 0.6 is 12.4 Å². The fourth-order valence-corrected chi connectivity index (χ4v) is 2.08. The predicted octanol–water partition coefficient (Wildman–Crippen LogP) is 0.689. The second-order valence-corrected chi connectivity index (χ2v) is 4.14. The van der Waals surface area contributed by atoms with Crippen molar-refractivity contribution in [3.63, 3.8) is 0 Å². The molecule has 94 valence electrons. The molecular formula is C10H14ClN3O3. The summed E-state index contributed by atoms with van der Waals surface area (Å²) >= 11 is 0. The number of carboxylic acids is 1. The molecule has 0 aliphatic carbocycles. The van der Waals surface area contributed by atoms with E-state index in [9.17, 15) is 9.59 Å². The molecule has 0 amide bonds. The zero-order chi connectivity index (χ0) is 12.0. The maximum atomic E-state index is 11.9. The van der Waals surface area contributed by atoms with Gasteiger partial charge in [-0.1, -0.05) is 6.92 Å². The maximum Gasteiger partial charge on any atom is 0.326 e. The van der Waals surface area contributed by atoms with Crippen LogP contribution in [0.15, 0.2) is 4.79 Å². The molecule has 7 heteroatoms. The van der Waals surface area contributed by atoms with Gasteiger partial charge in [0.05, 0.1) is 5.69 Å². The molecular weight excluding hydrogens is 246 g/mol. The van der Waals surface area contributed by atoms with Gasteiger partial charge in [-0.25, -0.2) is 9.78 Å². The number of nitrogens with zero attached hydrogens (tertiary/aromatic N) is 2. The first-order chi connectivity index (χ1) is 7.43. The van der Waals surface area contributed by atoms with Crippen LogP contribution in [0.4, 0.5) is 5.69 Å².